The number of para-hydroxylation sites is 1. The Kier molecular flexibility index (Phi) is 2.74. The third-order valence-corrected chi connectivity index (χ3v) is 4.42. The van der Waals surface area contributed by atoms with E-state index >= 15 is 0 Å². The summed E-state index contributed by atoms with van der Waals surface area (Å²) in [4.78, 5) is 2.13. The molecule has 2 nitrogen and oxygen atoms in total. The summed E-state index contributed by atoms with van der Waals surface area (Å²) >= 11 is 0. The van der Waals surface area contributed by atoms with E-state index in [1.54, 1.807) is 12.1 Å². The highest BCUT2D eigenvalue weighted by Crippen LogP contribution is 2.42. The average Bonchev–Trinajstić information content (AvgIpc) is 2.49. The maximum Gasteiger partial charge on any atom is 0.146 e. The van der Waals surface area contributed by atoms with E-state index in [4.69, 9.17) is 0 Å². The van der Waals surface area contributed by atoms with Crippen LogP contribution >= 0.6 is 0 Å². The van der Waals surface area contributed by atoms with Crippen molar-refractivity contribution in [2.45, 2.75) is 18.9 Å². The molecule has 0 spiro atoms. The molecule has 1 unspecified atom stereocenters. The Hall–Kier alpha value is -1.87. The highest BCUT2D eigenvalue weighted by Gasteiger charge is 2.30. The number of nitrogens with one attached hydrogen (secondary N) is 1. The van der Waals surface area contributed by atoms with Crippen LogP contribution in [0.1, 0.15) is 23.5 Å². The van der Waals surface area contributed by atoms with Gasteiger partial charge in [-0.2, -0.15) is 0 Å². The van der Waals surface area contributed by atoms with Crippen LogP contribution in [0, 0.1) is 5.82 Å². The third kappa shape index (κ3) is 1.74. The molecule has 0 fully saturated rings. The molecule has 0 aliphatic carbocycles. The monoisotopic (exact) mass is 268 g/mol. The third-order valence-electron chi connectivity index (χ3n) is 4.42. The first-order valence-corrected chi connectivity index (χ1v) is 7.19. The summed E-state index contributed by atoms with van der Waals surface area (Å²) in [6.07, 6.45) is 1.07. The van der Waals surface area contributed by atoms with Crippen LogP contribution in [0.15, 0.2) is 42.5 Å². The highest BCUT2D eigenvalue weighted by molar-refractivity contribution is 5.70. The summed E-state index contributed by atoms with van der Waals surface area (Å²) in [5.41, 5.74) is 4.66. The Morgan fingerprint density at radius 2 is 1.90 bits per heavy atom. The zero-order valence-electron chi connectivity index (χ0n) is 11.3. The Morgan fingerprint density at radius 1 is 1.05 bits per heavy atom. The molecular formula is C17H17FN2. The minimum atomic E-state index is -0.141. The first-order chi connectivity index (χ1) is 9.84. The lowest BCUT2D eigenvalue weighted by Crippen LogP contribution is -2.36. The normalized spacial score (nSPS) is 20.6. The Labute approximate surface area is 118 Å². The fourth-order valence-electron chi connectivity index (χ4n) is 3.52. The maximum atomic E-state index is 14.1. The van der Waals surface area contributed by atoms with Crippen molar-refractivity contribution in [2.24, 2.45) is 0 Å². The maximum absolute atomic E-state index is 14.1. The van der Waals surface area contributed by atoms with E-state index in [9.17, 15) is 4.39 Å². The summed E-state index contributed by atoms with van der Waals surface area (Å²) in [6.45, 7) is 2.84. The van der Waals surface area contributed by atoms with Crippen molar-refractivity contribution in [1.82, 2.24) is 5.32 Å². The number of hydrogen-bond acceptors (Lipinski definition) is 2. The molecule has 1 N–H and O–H groups in total. The van der Waals surface area contributed by atoms with E-state index in [2.05, 4.69) is 28.4 Å². The van der Waals surface area contributed by atoms with Crippen LogP contribution in [0.2, 0.25) is 0 Å². The standard InChI is InChI=1S/C17H17FN2/c18-14-5-1-2-6-15(14)20-9-8-13-11-19-10-12-4-3-7-16(20)17(12)13/h1-7,13,19H,8-11H2. The van der Waals surface area contributed by atoms with Crippen LogP contribution in [0.25, 0.3) is 0 Å². The van der Waals surface area contributed by atoms with Crippen molar-refractivity contribution in [2.75, 3.05) is 18.0 Å². The molecule has 3 heteroatoms. The molecular weight excluding hydrogens is 251 g/mol. The molecule has 2 aliphatic heterocycles. The van der Waals surface area contributed by atoms with Crippen LogP contribution in [0.3, 0.4) is 0 Å². The van der Waals surface area contributed by atoms with Gasteiger partial charge in [-0.3, -0.25) is 0 Å². The zero-order chi connectivity index (χ0) is 13.5. The molecule has 2 heterocycles. The van der Waals surface area contributed by atoms with Crippen LogP contribution in [0.4, 0.5) is 15.8 Å². The molecule has 102 valence electrons. The van der Waals surface area contributed by atoms with E-state index in [0.717, 1.165) is 26.1 Å². The van der Waals surface area contributed by atoms with Gasteiger partial charge < -0.3 is 10.2 Å². The number of rotatable bonds is 1. The van der Waals surface area contributed by atoms with E-state index in [0.29, 0.717) is 11.6 Å². The van der Waals surface area contributed by atoms with Gasteiger partial charge in [-0.15, -0.1) is 0 Å². The second-order valence-corrected chi connectivity index (χ2v) is 5.57. The Bertz CT molecular complexity index is 653. The Morgan fingerprint density at radius 3 is 2.80 bits per heavy atom. The molecule has 0 aromatic heterocycles. The smallest absolute Gasteiger partial charge is 0.146 e. The summed E-state index contributed by atoms with van der Waals surface area (Å²) in [7, 11) is 0. The van der Waals surface area contributed by atoms with E-state index < -0.39 is 0 Å². The van der Waals surface area contributed by atoms with Gasteiger partial charge in [-0.05, 0) is 35.7 Å². The molecule has 0 bridgehead atoms. The summed E-state index contributed by atoms with van der Waals surface area (Å²) in [6, 6.07) is 13.5. The zero-order valence-corrected chi connectivity index (χ0v) is 11.3. The fourth-order valence-corrected chi connectivity index (χ4v) is 3.52. The van der Waals surface area contributed by atoms with E-state index in [-0.39, 0.29) is 5.82 Å². The number of halogens is 1. The van der Waals surface area contributed by atoms with Crippen molar-refractivity contribution >= 4 is 11.4 Å². The van der Waals surface area contributed by atoms with Crippen LogP contribution in [-0.2, 0) is 6.54 Å². The van der Waals surface area contributed by atoms with Crippen molar-refractivity contribution in [3.63, 3.8) is 0 Å². The van der Waals surface area contributed by atoms with Crippen LogP contribution in [-0.4, -0.2) is 13.1 Å². The minimum absolute atomic E-state index is 0.141. The van der Waals surface area contributed by atoms with Gasteiger partial charge in [0, 0.05) is 31.2 Å². The number of anilines is 2. The highest BCUT2D eigenvalue weighted by atomic mass is 19.1. The average molecular weight is 268 g/mol. The van der Waals surface area contributed by atoms with Gasteiger partial charge in [0.25, 0.3) is 0 Å². The molecule has 4 rings (SSSR count). The van der Waals surface area contributed by atoms with Gasteiger partial charge in [-0.1, -0.05) is 24.3 Å². The Balaban J connectivity index is 1.87. The molecule has 0 amide bonds. The molecule has 0 radical (unpaired) electrons. The topological polar surface area (TPSA) is 15.3 Å². The second-order valence-electron chi connectivity index (χ2n) is 5.57. The number of nitrogens with zero attached hydrogens (tertiary/aromatic N) is 1. The van der Waals surface area contributed by atoms with E-state index in [1.165, 1.54) is 16.8 Å². The number of benzene rings is 2. The lowest BCUT2D eigenvalue weighted by Gasteiger charge is -2.39. The van der Waals surface area contributed by atoms with Crippen LogP contribution < -0.4 is 10.2 Å². The SMILES string of the molecule is Fc1ccccc1N1CCC2CNCc3cccc1c32. The van der Waals surface area contributed by atoms with Gasteiger partial charge >= 0.3 is 0 Å². The van der Waals surface area contributed by atoms with Crippen molar-refractivity contribution in [1.29, 1.82) is 0 Å². The lowest BCUT2D eigenvalue weighted by atomic mass is 9.83. The predicted molar refractivity (Wildman–Crippen MR) is 78.9 cm³/mol. The van der Waals surface area contributed by atoms with Crippen LogP contribution in [0.5, 0.6) is 0 Å². The molecule has 1 atom stereocenters. The van der Waals surface area contributed by atoms with Gasteiger partial charge in [-0.25, -0.2) is 4.39 Å². The van der Waals surface area contributed by atoms with Gasteiger partial charge in [0.1, 0.15) is 5.82 Å². The predicted octanol–water partition coefficient (Wildman–Crippen LogP) is 3.55. The van der Waals surface area contributed by atoms with E-state index in [1.807, 2.05) is 12.1 Å². The van der Waals surface area contributed by atoms with Gasteiger partial charge in [0.15, 0.2) is 0 Å². The summed E-state index contributed by atoms with van der Waals surface area (Å²) < 4.78 is 14.1. The largest absolute Gasteiger partial charge is 0.339 e. The van der Waals surface area contributed by atoms with Crippen molar-refractivity contribution in [3.8, 4) is 0 Å². The first-order valence-electron chi connectivity index (χ1n) is 7.19. The van der Waals surface area contributed by atoms with Crippen molar-refractivity contribution in [3.05, 3.63) is 59.4 Å². The number of hydrogen-bond donors (Lipinski definition) is 1. The molecule has 2 aromatic rings. The second kappa shape index (κ2) is 4.60. The van der Waals surface area contributed by atoms with Gasteiger partial charge in [0.2, 0.25) is 0 Å². The lowest BCUT2D eigenvalue weighted by molar-refractivity contribution is 0.500. The van der Waals surface area contributed by atoms with Gasteiger partial charge in [0.05, 0.1) is 5.69 Å². The molecule has 20 heavy (non-hydrogen) atoms. The minimum Gasteiger partial charge on any atom is -0.339 e. The summed E-state index contributed by atoms with van der Waals surface area (Å²) in [5.74, 6) is 0.426. The fraction of sp³-hybridized carbons (Fsp3) is 0.294. The summed E-state index contributed by atoms with van der Waals surface area (Å²) in [5, 5.41) is 3.48. The van der Waals surface area contributed by atoms with Crippen molar-refractivity contribution < 1.29 is 4.39 Å². The molecule has 0 saturated heterocycles. The molecule has 2 aliphatic rings. The first kappa shape index (κ1) is 11.9. The molecule has 2 aromatic carbocycles. The quantitative estimate of drug-likeness (QED) is 0.851. The molecule has 0 saturated carbocycles.